The van der Waals surface area contributed by atoms with Crippen molar-refractivity contribution in [3.63, 3.8) is 0 Å². The molecule has 0 rings (SSSR count). The van der Waals surface area contributed by atoms with E-state index in [1.54, 1.807) is 0 Å². The summed E-state index contributed by atoms with van der Waals surface area (Å²) in [5.41, 5.74) is -4.41. The maximum absolute atomic E-state index is 13.3. The Morgan fingerprint density at radius 3 is 0.860 bits per heavy atom. The number of unbranched alkanes of at least 4 members (excludes halogenated alkanes) is 11. The smallest absolute Gasteiger partial charge is 0.151 e. The van der Waals surface area contributed by atoms with Gasteiger partial charge in [-0.15, -0.1) is 0 Å². The van der Waals surface area contributed by atoms with Gasteiger partial charge in [-0.2, -0.15) is 0 Å². The van der Waals surface area contributed by atoms with E-state index in [1.807, 2.05) is 13.8 Å². The number of hydrogen-bond donors (Lipinski definition) is 12. The Balaban J connectivity index is 6.59. The molecule has 2 unspecified atom stereocenters. The third-order valence-electron chi connectivity index (χ3n) is 11.4. The first-order chi connectivity index (χ1) is 23.3. The molecule has 0 aromatic carbocycles. The summed E-state index contributed by atoms with van der Waals surface area (Å²) < 4.78 is 0. The molecule has 12 N–H and O–H groups in total. The quantitative estimate of drug-likeness (QED) is 0.0330. The van der Waals surface area contributed by atoms with Gasteiger partial charge < -0.3 is 61.3 Å². The normalized spacial score (nSPS) is 15.6. The molecule has 0 aliphatic heterocycles. The van der Waals surface area contributed by atoms with Gasteiger partial charge in [0.1, 0.15) is 0 Å². The molecule has 50 heavy (non-hydrogen) atoms. The van der Waals surface area contributed by atoms with Crippen molar-refractivity contribution in [3.8, 4) is 0 Å². The topological polar surface area (TPSA) is 243 Å². The molecule has 0 saturated heterocycles. The Kier molecular flexibility index (Phi) is 26.1. The van der Waals surface area contributed by atoms with Crippen LogP contribution in [0, 0.1) is 10.8 Å². The second kappa shape index (κ2) is 26.3. The van der Waals surface area contributed by atoms with E-state index >= 15 is 0 Å². The molecule has 0 bridgehead atoms. The van der Waals surface area contributed by atoms with Crippen molar-refractivity contribution in [1.82, 2.24) is 0 Å². The van der Waals surface area contributed by atoms with Crippen LogP contribution in [0.2, 0.25) is 0 Å². The van der Waals surface area contributed by atoms with E-state index in [-0.39, 0.29) is 25.7 Å². The number of hydrogen-bond acceptors (Lipinski definition) is 12. The molecule has 0 aromatic rings. The monoisotopic (exact) mass is 727 g/mol. The van der Waals surface area contributed by atoms with E-state index in [9.17, 15) is 61.3 Å². The fourth-order valence-corrected chi connectivity index (χ4v) is 7.98. The third-order valence-corrected chi connectivity index (χ3v) is 11.4. The molecular weight excluding hydrogens is 648 g/mol. The predicted octanol–water partition coefficient (Wildman–Crippen LogP) is 4.18. The molecule has 0 radical (unpaired) electrons. The van der Waals surface area contributed by atoms with Crippen LogP contribution in [0.1, 0.15) is 188 Å². The summed E-state index contributed by atoms with van der Waals surface area (Å²) in [5, 5.41) is 120. The van der Waals surface area contributed by atoms with Crippen LogP contribution in [0.3, 0.4) is 0 Å². The minimum Gasteiger partial charge on any atom is -0.389 e. The van der Waals surface area contributed by atoms with Crippen molar-refractivity contribution in [2.24, 2.45) is 10.8 Å². The van der Waals surface area contributed by atoms with Crippen LogP contribution in [0.15, 0.2) is 0 Å². The highest BCUT2D eigenvalue weighted by Gasteiger charge is 2.61. The molecular formula is C38H78O12. The summed E-state index contributed by atoms with van der Waals surface area (Å²) >= 11 is 0. The van der Waals surface area contributed by atoms with Crippen LogP contribution >= 0.6 is 0 Å². The van der Waals surface area contributed by atoms with Gasteiger partial charge in [-0.1, -0.05) is 91.4 Å². The van der Waals surface area contributed by atoms with Gasteiger partial charge in [0.15, 0.2) is 31.5 Å². The molecule has 302 valence electrons. The van der Waals surface area contributed by atoms with E-state index in [0.29, 0.717) is 109 Å². The maximum Gasteiger partial charge on any atom is 0.151 e. The summed E-state index contributed by atoms with van der Waals surface area (Å²) in [6.07, 6.45) is 7.59. The van der Waals surface area contributed by atoms with Gasteiger partial charge >= 0.3 is 0 Å². The first kappa shape index (κ1) is 49.5. The molecule has 0 aliphatic rings. The lowest BCUT2D eigenvalue weighted by atomic mass is 9.49. The summed E-state index contributed by atoms with van der Waals surface area (Å²) in [6, 6.07) is 0. The van der Waals surface area contributed by atoms with E-state index < -0.39 is 53.5 Å². The van der Waals surface area contributed by atoms with Gasteiger partial charge in [0, 0.05) is 5.41 Å². The minimum atomic E-state index is -1.40. The highest BCUT2D eigenvalue weighted by Crippen LogP contribution is 2.58. The standard InChI is InChI=1S/C38H78O12/c1-35(2,37(49,27-17-7-12-22-32(43)44)28-18-8-13-23-33(45)46)38(50,29-19-9-14-24-34(47)48)36(3,26-16-6-11-21-31(41)42)25-15-5-4-10-20-30(39)40/h30-34,39-50H,4-29H2,1-3H3. The van der Waals surface area contributed by atoms with Crippen molar-refractivity contribution in [1.29, 1.82) is 0 Å². The van der Waals surface area contributed by atoms with Crippen molar-refractivity contribution < 1.29 is 61.3 Å². The summed E-state index contributed by atoms with van der Waals surface area (Å²) in [5.74, 6) is 0. The van der Waals surface area contributed by atoms with Crippen LogP contribution in [0.4, 0.5) is 0 Å². The zero-order valence-corrected chi connectivity index (χ0v) is 31.6. The fourth-order valence-electron chi connectivity index (χ4n) is 7.98. The maximum atomic E-state index is 13.3. The second-order valence-corrected chi connectivity index (χ2v) is 15.8. The largest absolute Gasteiger partial charge is 0.389 e. The van der Waals surface area contributed by atoms with Gasteiger partial charge in [-0.05, 0) is 102 Å². The minimum absolute atomic E-state index is 0.230. The Labute approximate surface area is 302 Å². The lowest BCUT2D eigenvalue weighted by Gasteiger charge is -2.60. The molecule has 0 amide bonds. The number of rotatable bonds is 34. The fraction of sp³-hybridized carbons (Fsp3) is 1.00. The first-order valence-electron chi connectivity index (χ1n) is 19.6. The average molecular weight is 727 g/mol. The molecule has 0 heterocycles. The van der Waals surface area contributed by atoms with Crippen LogP contribution in [-0.2, 0) is 0 Å². The Hall–Kier alpha value is -0.480. The highest BCUT2D eigenvalue weighted by molar-refractivity contribution is 5.12. The molecule has 2 atom stereocenters. The average Bonchev–Trinajstić information content (AvgIpc) is 3.01. The Morgan fingerprint density at radius 2 is 0.560 bits per heavy atom. The molecule has 12 heteroatoms. The zero-order valence-electron chi connectivity index (χ0n) is 31.6. The lowest BCUT2D eigenvalue weighted by molar-refractivity contribution is -0.242. The second-order valence-electron chi connectivity index (χ2n) is 15.8. The third kappa shape index (κ3) is 19.6. The van der Waals surface area contributed by atoms with Gasteiger partial charge in [0.05, 0.1) is 11.2 Å². The van der Waals surface area contributed by atoms with E-state index in [4.69, 9.17) is 0 Å². The van der Waals surface area contributed by atoms with Crippen molar-refractivity contribution in [2.45, 2.75) is 230 Å². The molecule has 0 saturated carbocycles. The zero-order chi connectivity index (χ0) is 38.3. The molecule has 12 nitrogen and oxygen atoms in total. The van der Waals surface area contributed by atoms with Gasteiger partial charge in [-0.25, -0.2) is 0 Å². The predicted molar refractivity (Wildman–Crippen MR) is 193 cm³/mol. The van der Waals surface area contributed by atoms with Gasteiger partial charge in [0.2, 0.25) is 0 Å². The number of aliphatic hydroxyl groups excluding tert-OH is 5. The van der Waals surface area contributed by atoms with Crippen LogP contribution in [-0.4, -0.2) is 104 Å². The van der Waals surface area contributed by atoms with Crippen LogP contribution in [0.5, 0.6) is 0 Å². The SMILES string of the molecule is CC(CCCCCCC(O)O)(CCCCCC(O)O)C(O)(CCCCCC(O)O)C(C)(C)C(O)(CCCCCC(O)O)CCCCCC(O)O. The molecule has 0 fully saturated rings. The summed E-state index contributed by atoms with van der Waals surface area (Å²) in [6.45, 7) is 5.99. The lowest BCUT2D eigenvalue weighted by Crippen LogP contribution is -2.65. The molecule has 0 aromatic heterocycles. The number of aliphatic hydroxyl groups is 12. The van der Waals surface area contributed by atoms with Crippen molar-refractivity contribution >= 4 is 0 Å². The van der Waals surface area contributed by atoms with E-state index in [0.717, 1.165) is 32.1 Å². The van der Waals surface area contributed by atoms with Crippen LogP contribution in [0.25, 0.3) is 0 Å². The van der Waals surface area contributed by atoms with Crippen LogP contribution < -0.4 is 0 Å². The van der Waals surface area contributed by atoms with Gasteiger partial charge in [0.25, 0.3) is 0 Å². The van der Waals surface area contributed by atoms with Gasteiger partial charge in [-0.3, -0.25) is 0 Å². The Morgan fingerprint density at radius 1 is 0.320 bits per heavy atom. The van der Waals surface area contributed by atoms with E-state index in [1.165, 1.54) is 0 Å². The molecule has 0 aliphatic carbocycles. The summed E-state index contributed by atoms with van der Waals surface area (Å²) in [7, 11) is 0. The first-order valence-corrected chi connectivity index (χ1v) is 19.6. The van der Waals surface area contributed by atoms with Crippen molar-refractivity contribution in [3.05, 3.63) is 0 Å². The molecule has 0 spiro atoms. The Bertz CT molecular complexity index is 789. The summed E-state index contributed by atoms with van der Waals surface area (Å²) in [4.78, 5) is 0. The van der Waals surface area contributed by atoms with Crippen molar-refractivity contribution in [2.75, 3.05) is 0 Å². The van der Waals surface area contributed by atoms with E-state index in [2.05, 4.69) is 6.92 Å². The highest BCUT2D eigenvalue weighted by atomic mass is 16.5.